The molecule has 0 radical (unpaired) electrons. The molecule has 0 saturated heterocycles. The molecule has 1 N–H and O–H groups in total. The first-order valence-electron chi connectivity index (χ1n) is 5.97. The molecule has 0 saturated carbocycles. The summed E-state index contributed by atoms with van der Waals surface area (Å²) in [4.78, 5) is 7.23. The predicted octanol–water partition coefficient (Wildman–Crippen LogP) is 3.25. The Morgan fingerprint density at radius 2 is 1.74 bits per heavy atom. The van der Waals surface area contributed by atoms with E-state index in [9.17, 15) is 0 Å². The van der Waals surface area contributed by atoms with Crippen molar-refractivity contribution >= 4 is 10.8 Å². The van der Waals surface area contributed by atoms with E-state index in [0.29, 0.717) is 6.01 Å². The molecule has 96 valence electrons. The highest BCUT2D eigenvalue weighted by Gasteiger charge is 2.04. The maximum atomic E-state index is 5.22. The average molecular weight is 254 g/mol. The monoisotopic (exact) mass is 254 g/mol. The van der Waals surface area contributed by atoms with E-state index in [1.807, 2.05) is 18.2 Å². The van der Waals surface area contributed by atoms with Gasteiger partial charge in [0, 0.05) is 5.56 Å². The Labute approximate surface area is 111 Å². The molecule has 0 aliphatic carbocycles. The number of nitrogens with zero attached hydrogens (tertiary/aromatic N) is 1. The largest absolute Gasteiger partial charge is 0.497 e. The van der Waals surface area contributed by atoms with E-state index in [2.05, 4.69) is 28.2 Å². The average Bonchev–Trinajstić information content (AvgIpc) is 2.95. The van der Waals surface area contributed by atoms with Crippen LogP contribution in [0.4, 0.5) is 0 Å². The number of aromatic nitrogens is 2. The van der Waals surface area contributed by atoms with Gasteiger partial charge in [-0.3, -0.25) is 0 Å². The molecule has 2 aromatic carbocycles. The minimum absolute atomic E-state index is 0.518. The van der Waals surface area contributed by atoms with Crippen molar-refractivity contribution in [3.05, 3.63) is 42.6 Å². The number of fused-ring (bicyclic) bond motifs is 1. The molecule has 1 heterocycles. The minimum Gasteiger partial charge on any atom is -0.497 e. The van der Waals surface area contributed by atoms with E-state index in [-0.39, 0.29) is 0 Å². The molecule has 4 nitrogen and oxygen atoms in total. The first-order valence-corrected chi connectivity index (χ1v) is 5.97. The van der Waals surface area contributed by atoms with Crippen molar-refractivity contribution in [3.63, 3.8) is 0 Å². The summed E-state index contributed by atoms with van der Waals surface area (Å²) in [6, 6.07) is 12.8. The summed E-state index contributed by atoms with van der Waals surface area (Å²) in [6.45, 7) is 0. The molecule has 3 rings (SSSR count). The van der Waals surface area contributed by atoms with Gasteiger partial charge in [-0.1, -0.05) is 18.2 Å². The summed E-state index contributed by atoms with van der Waals surface area (Å²) in [7, 11) is 3.27. The Bertz CT molecular complexity index is 719. The van der Waals surface area contributed by atoms with Crippen LogP contribution in [0.3, 0.4) is 0 Å². The zero-order valence-corrected chi connectivity index (χ0v) is 10.8. The van der Waals surface area contributed by atoms with Crippen molar-refractivity contribution in [1.82, 2.24) is 9.97 Å². The van der Waals surface area contributed by atoms with Gasteiger partial charge in [0.1, 0.15) is 5.75 Å². The summed E-state index contributed by atoms with van der Waals surface area (Å²) in [5.41, 5.74) is 2.02. The van der Waals surface area contributed by atoms with Gasteiger partial charge in [0.15, 0.2) is 0 Å². The van der Waals surface area contributed by atoms with Crippen molar-refractivity contribution in [1.29, 1.82) is 0 Å². The molecule has 0 bridgehead atoms. The molecule has 0 atom stereocenters. The van der Waals surface area contributed by atoms with Crippen LogP contribution in [0.25, 0.3) is 22.0 Å². The van der Waals surface area contributed by atoms with Crippen molar-refractivity contribution in [2.45, 2.75) is 0 Å². The Hall–Kier alpha value is -2.49. The molecule has 0 spiro atoms. The SMILES string of the molecule is COc1ccc2cc(-c3cnc(OC)[nH]3)ccc2c1. The lowest BCUT2D eigenvalue weighted by Crippen LogP contribution is -1.85. The lowest BCUT2D eigenvalue weighted by atomic mass is 10.1. The summed E-state index contributed by atoms with van der Waals surface area (Å²) in [6.07, 6.45) is 1.77. The van der Waals surface area contributed by atoms with Gasteiger partial charge < -0.3 is 14.5 Å². The van der Waals surface area contributed by atoms with Gasteiger partial charge in [0.2, 0.25) is 0 Å². The standard InChI is InChI=1S/C15H14N2O2/c1-18-13-6-5-10-7-12(4-3-11(10)8-13)14-9-16-15(17-14)19-2/h3-9H,1-2H3,(H,16,17). The zero-order valence-electron chi connectivity index (χ0n) is 10.8. The molecule has 4 heteroatoms. The number of H-pyrrole nitrogens is 1. The van der Waals surface area contributed by atoms with Crippen LogP contribution in [-0.2, 0) is 0 Å². The number of hydrogen-bond donors (Lipinski definition) is 1. The number of benzene rings is 2. The van der Waals surface area contributed by atoms with Crippen LogP contribution in [0.2, 0.25) is 0 Å². The van der Waals surface area contributed by atoms with Gasteiger partial charge in [-0.2, -0.15) is 0 Å². The van der Waals surface area contributed by atoms with E-state index in [0.717, 1.165) is 27.8 Å². The zero-order chi connectivity index (χ0) is 13.2. The third-order valence-electron chi connectivity index (χ3n) is 3.10. The Balaban J connectivity index is 2.06. The first-order chi connectivity index (χ1) is 9.30. The van der Waals surface area contributed by atoms with E-state index in [1.54, 1.807) is 20.4 Å². The molecule has 1 aromatic heterocycles. The highest BCUT2D eigenvalue weighted by atomic mass is 16.5. The molecule has 0 aliphatic heterocycles. The number of rotatable bonds is 3. The van der Waals surface area contributed by atoms with Crippen molar-refractivity contribution in [2.75, 3.05) is 14.2 Å². The summed E-state index contributed by atoms with van der Waals surface area (Å²) >= 11 is 0. The second-order valence-corrected chi connectivity index (χ2v) is 4.23. The molecule has 0 amide bonds. The van der Waals surface area contributed by atoms with E-state index in [1.165, 1.54) is 0 Å². The highest BCUT2D eigenvalue weighted by Crippen LogP contribution is 2.26. The van der Waals surface area contributed by atoms with Crippen LogP contribution in [-0.4, -0.2) is 24.2 Å². The number of hydrogen-bond acceptors (Lipinski definition) is 3. The van der Waals surface area contributed by atoms with Crippen LogP contribution < -0.4 is 9.47 Å². The van der Waals surface area contributed by atoms with Crippen LogP contribution >= 0.6 is 0 Å². The number of ether oxygens (including phenoxy) is 2. The maximum absolute atomic E-state index is 5.22. The highest BCUT2D eigenvalue weighted by molar-refractivity contribution is 5.87. The third-order valence-corrected chi connectivity index (χ3v) is 3.10. The fourth-order valence-electron chi connectivity index (χ4n) is 2.07. The smallest absolute Gasteiger partial charge is 0.293 e. The number of nitrogens with one attached hydrogen (secondary N) is 1. The van der Waals surface area contributed by atoms with Gasteiger partial charge in [0.05, 0.1) is 26.1 Å². The van der Waals surface area contributed by atoms with Crippen LogP contribution in [0.1, 0.15) is 0 Å². The molecular formula is C15H14N2O2. The fraction of sp³-hybridized carbons (Fsp3) is 0.133. The minimum atomic E-state index is 0.518. The number of imidazole rings is 1. The molecular weight excluding hydrogens is 240 g/mol. The topological polar surface area (TPSA) is 47.1 Å². The van der Waals surface area contributed by atoms with Gasteiger partial charge in [-0.25, -0.2) is 4.98 Å². The fourth-order valence-corrected chi connectivity index (χ4v) is 2.07. The quantitative estimate of drug-likeness (QED) is 0.780. The predicted molar refractivity (Wildman–Crippen MR) is 74.6 cm³/mol. The lowest BCUT2D eigenvalue weighted by molar-refractivity contribution is 0.384. The third kappa shape index (κ3) is 2.12. The van der Waals surface area contributed by atoms with E-state index >= 15 is 0 Å². The van der Waals surface area contributed by atoms with Crippen LogP contribution in [0, 0.1) is 0 Å². The van der Waals surface area contributed by atoms with E-state index in [4.69, 9.17) is 9.47 Å². The van der Waals surface area contributed by atoms with Crippen molar-refractivity contribution in [2.24, 2.45) is 0 Å². The second kappa shape index (κ2) is 4.65. The second-order valence-electron chi connectivity index (χ2n) is 4.23. The Kier molecular flexibility index (Phi) is 2.83. The van der Waals surface area contributed by atoms with Crippen molar-refractivity contribution in [3.8, 4) is 23.0 Å². The Morgan fingerprint density at radius 1 is 0.947 bits per heavy atom. The van der Waals surface area contributed by atoms with E-state index < -0.39 is 0 Å². The first kappa shape index (κ1) is 11.6. The Morgan fingerprint density at radius 3 is 2.47 bits per heavy atom. The maximum Gasteiger partial charge on any atom is 0.293 e. The van der Waals surface area contributed by atoms with Gasteiger partial charge in [-0.05, 0) is 29.0 Å². The van der Waals surface area contributed by atoms with Gasteiger partial charge in [-0.15, -0.1) is 0 Å². The molecule has 0 fully saturated rings. The molecule has 0 aliphatic rings. The molecule has 0 unspecified atom stereocenters. The summed E-state index contributed by atoms with van der Waals surface area (Å²) < 4.78 is 10.3. The number of methoxy groups -OCH3 is 2. The normalized spacial score (nSPS) is 10.6. The van der Waals surface area contributed by atoms with Crippen molar-refractivity contribution < 1.29 is 9.47 Å². The van der Waals surface area contributed by atoms with Crippen LogP contribution in [0.5, 0.6) is 11.8 Å². The molecule has 3 aromatic rings. The van der Waals surface area contributed by atoms with Gasteiger partial charge >= 0.3 is 0 Å². The van der Waals surface area contributed by atoms with Crippen LogP contribution in [0.15, 0.2) is 42.6 Å². The van der Waals surface area contributed by atoms with Gasteiger partial charge in [0.25, 0.3) is 6.01 Å². The lowest BCUT2D eigenvalue weighted by Gasteiger charge is -2.04. The summed E-state index contributed by atoms with van der Waals surface area (Å²) in [5.74, 6) is 0.864. The summed E-state index contributed by atoms with van der Waals surface area (Å²) in [5, 5.41) is 2.31. The number of aromatic amines is 1. The molecule has 19 heavy (non-hydrogen) atoms.